The van der Waals surface area contributed by atoms with Crippen LogP contribution in [-0.4, -0.2) is 19.5 Å². The molecule has 2 nitrogen and oxygen atoms in total. The van der Waals surface area contributed by atoms with Crippen LogP contribution in [0.25, 0.3) is 0 Å². The van der Waals surface area contributed by atoms with Crippen LogP contribution in [0.3, 0.4) is 0 Å². The summed E-state index contributed by atoms with van der Waals surface area (Å²) in [5.74, 6) is 0.315. The van der Waals surface area contributed by atoms with Gasteiger partial charge in [-0.05, 0) is 6.92 Å². The molecule has 10 heavy (non-hydrogen) atoms. The minimum absolute atomic E-state index is 0.0532. The summed E-state index contributed by atoms with van der Waals surface area (Å²) >= 11 is 0. The highest BCUT2D eigenvalue weighted by Gasteiger charge is 2.27. The second-order valence-electron chi connectivity index (χ2n) is 2.79. The Kier molecular flexibility index (Phi) is 2.22. The van der Waals surface area contributed by atoms with Crippen LogP contribution >= 0.6 is 0 Å². The Hall–Kier alpha value is -0.630. The number of ether oxygens (including phenoxy) is 1. The van der Waals surface area contributed by atoms with Crippen molar-refractivity contribution in [2.45, 2.75) is 6.92 Å². The molecule has 0 aromatic carbocycles. The number of aldehydes is 1. The van der Waals surface area contributed by atoms with Crippen molar-refractivity contribution in [2.75, 3.05) is 13.2 Å². The molecule has 0 unspecified atom stereocenters. The summed E-state index contributed by atoms with van der Waals surface area (Å²) in [6.07, 6.45) is 0.965. The van der Waals surface area contributed by atoms with E-state index in [2.05, 4.69) is 6.58 Å². The molecular formula is C8H12O2. The SMILES string of the molecule is C=C(C)[C@@H]1COC[C@H]1C=O. The lowest BCUT2D eigenvalue weighted by Crippen LogP contribution is -2.13. The summed E-state index contributed by atoms with van der Waals surface area (Å²) in [5.41, 5.74) is 1.05. The molecule has 1 rings (SSSR count). The van der Waals surface area contributed by atoms with Crippen molar-refractivity contribution in [2.24, 2.45) is 11.8 Å². The van der Waals surface area contributed by atoms with Crippen molar-refractivity contribution in [3.05, 3.63) is 12.2 Å². The zero-order valence-electron chi connectivity index (χ0n) is 6.17. The van der Waals surface area contributed by atoms with Gasteiger partial charge in [0.1, 0.15) is 6.29 Å². The molecule has 1 saturated heterocycles. The van der Waals surface area contributed by atoms with Gasteiger partial charge in [0, 0.05) is 11.8 Å². The molecule has 0 spiro atoms. The van der Waals surface area contributed by atoms with Gasteiger partial charge in [-0.15, -0.1) is 0 Å². The Labute approximate surface area is 60.9 Å². The lowest BCUT2D eigenvalue weighted by atomic mass is 9.92. The van der Waals surface area contributed by atoms with Gasteiger partial charge in [0.25, 0.3) is 0 Å². The van der Waals surface area contributed by atoms with Gasteiger partial charge in [0.05, 0.1) is 13.2 Å². The van der Waals surface area contributed by atoms with Crippen LogP contribution in [0.4, 0.5) is 0 Å². The van der Waals surface area contributed by atoms with Gasteiger partial charge in [-0.3, -0.25) is 0 Å². The molecule has 1 fully saturated rings. The summed E-state index contributed by atoms with van der Waals surface area (Å²) in [6, 6.07) is 0. The third-order valence-corrected chi connectivity index (χ3v) is 1.93. The number of carbonyl (C=O) groups is 1. The maximum atomic E-state index is 10.4. The number of hydrogen-bond acceptors (Lipinski definition) is 2. The fraction of sp³-hybridized carbons (Fsp3) is 0.625. The number of carbonyl (C=O) groups excluding carboxylic acids is 1. The Bertz CT molecular complexity index is 151. The molecule has 0 bridgehead atoms. The summed E-state index contributed by atoms with van der Waals surface area (Å²) in [4.78, 5) is 10.4. The Balaban J connectivity index is 2.58. The summed E-state index contributed by atoms with van der Waals surface area (Å²) in [6.45, 7) is 6.97. The van der Waals surface area contributed by atoms with E-state index in [0.29, 0.717) is 13.2 Å². The summed E-state index contributed by atoms with van der Waals surface area (Å²) < 4.78 is 5.13. The second kappa shape index (κ2) is 2.97. The molecule has 1 heterocycles. The Morgan fingerprint density at radius 1 is 1.70 bits per heavy atom. The monoisotopic (exact) mass is 140 g/mol. The molecule has 0 saturated carbocycles. The average Bonchev–Trinajstić information content (AvgIpc) is 2.33. The van der Waals surface area contributed by atoms with E-state index in [-0.39, 0.29) is 11.8 Å². The van der Waals surface area contributed by atoms with Crippen molar-refractivity contribution in [3.63, 3.8) is 0 Å². The highest BCUT2D eigenvalue weighted by atomic mass is 16.5. The van der Waals surface area contributed by atoms with Crippen molar-refractivity contribution in [3.8, 4) is 0 Å². The predicted molar refractivity (Wildman–Crippen MR) is 38.7 cm³/mol. The Morgan fingerprint density at radius 3 is 2.80 bits per heavy atom. The van der Waals surface area contributed by atoms with Crippen LogP contribution in [0.2, 0.25) is 0 Å². The minimum atomic E-state index is 0.0532. The zero-order chi connectivity index (χ0) is 7.56. The molecule has 0 amide bonds. The van der Waals surface area contributed by atoms with Gasteiger partial charge < -0.3 is 9.53 Å². The molecule has 2 atom stereocenters. The zero-order valence-corrected chi connectivity index (χ0v) is 6.17. The molecule has 1 aliphatic heterocycles. The lowest BCUT2D eigenvalue weighted by Gasteiger charge is -2.09. The van der Waals surface area contributed by atoms with Crippen molar-refractivity contribution in [1.82, 2.24) is 0 Å². The van der Waals surface area contributed by atoms with E-state index in [4.69, 9.17) is 4.74 Å². The first-order chi connectivity index (χ1) is 4.75. The third kappa shape index (κ3) is 1.27. The van der Waals surface area contributed by atoms with E-state index in [1.165, 1.54) is 0 Å². The first kappa shape index (κ1) is 7.48. The topological polar surface area (TPSA) is 26.3 Å². The first-order valence-electron chi connectivity index (χ1n) is 3.44. The van der Waals surface area contributed by atoms with Crippen LogP contribution in [0.5, 0.6) is 0 Å². The molecule has 0 aromatic heterocycles. The second-order valence-corrected chi connectivity index (χ2v) is 2.79. The van der Waals surface area contributed by atoms with Gasteiger partial charge in [-0.2, -0.15) is 0 Å². The maximum Gasteiger partial charge on any atom is 0.126 e. The summed E-state index contributed by atoms with van der Waals surface area (Å²) in [5, 5.41) is 0. The number of rotatable bonds is 2. The molecule has 2 heteroatoms. The normalized spacial score (nSPS) is 32.1. The molecule has 0 N–H and O–H groups in total. The van der Waals surface area contributed by atoms with Crippen LogP contribution < -0.4 is 0 Å². The molecule has 0 radical (unpaired) electrons. The quantitative estimate of drug-likeness (QED) is 0.423. The van der Waals surface area contributed by atoms with Gasteiger partial charge >= 0.3 is 0 Å². The van der Waals surface area contributed by atoms with Gasteiger partial charge in [0.15, 0.2) is 0 Å². The van der Waals surface area contributed by atoms with E-state index in [1.807, 2.05) is 6.92 Å². The van der Waals surface area contributed by atoms with Crippen molar-refractivity contribution < 1.29 is 9.53 Å². The van der Waals surface area contributed by atoms with Crippen LogP contribution in [-0.2, 0) is 9.53 Å². The van der Waals surface area contributed by atoms with Crippen LogP contribution in [0, 0.1) is 11.8 Å². The minimum Gasteiger partial charge on any atom is -0.380 e. The maximum absolute atomic E-state index is 10.4. The molecule has 0 aromatic rings. The standard InChI is InChI=1S/C8H12O2/c1-6(2)8-5-10-4-7(8)3-9/h3,7-8H,1,4-5H2,2H3/t7-,8+/m1/s1. The smallest absolute Gasteiger partial charge is 0.126 e. The fourth-order valence-electron chi connectivity index (χ4n) is 1.21. The molecule has 56 valence electrons. The first-order valence-corrected chi connectivity index (χ1v) is 3.44. The molecule has 1 aliphatic rings. The van der Waals surface area contributed by atoms with E-state index in [1.54, 1.807) is 0 Å². The van der Waals surface area contributed by atoms with E-state index in [0.717, 1.165) is 11.9 Å². The highest BCUT2D eigenvalue weighted by Crippen LogP contribution is 2.24. The number of hydrogen-bond donors (Lipinski definition) is 0. The molecule has 0 aliphatic carbocycles. The van der Waals surface area contributed by atoms with E-state index < -0.39 is 0 Å². The summed E-state index contributed by atoms with van der Waals surface area (Å²) in [7, 11) is 0. The molecular weight excluding hydrogens is 128 g/mol. The van der Waals surface area contributed by atoms with Crippen LogP contribution in [0.15, 0.2) is 12.2 Å². The van der Waals surface area contributed by atoms with Crippen LogP contribution in [0.1, 0.15) is 6.92 Å². The lowest BCUT2D eigenvalue weighted by molar-refractivity contribution is -0.111. The van der Waals surface area contributed by atoms with Gasteiger partial charge in [-0.25, -0.2) is 0 Å². The van der Waals surface area contributed by atoms with E-state index in [9.17, 15) is 4.79 Å². The Morgan fingerprint density at radius 2 is 2.40 bits per heavy atom. The fourth-order valence-corrected chi connectivity index (χ4v) is 1.21. The van der Waals surface area contributed by atoms with E-state index >= 15 is 0 Å². The van der Waals surface area contributed by atoms with Crippen molar-refractivity contribution >= 4 is 6.29 Å². The highest BCUT2D eigenvalue weighted by molar-refractivity contribution is 5.55. The third-order valence-electron chi connectivity index (χ3n) is 1.93. The van der Waals surface area contributed by atoms with Gasteiger partial charge in [-0.1, -0.05) is 12.2 Å². The van der Waals surface area contributed by atoms with Gasteiger partial charge in [0.2, 0.25) is 0 Å². The predicted octanol–water partition coefficient (Wildman–Crippen LogP) is 1.02. The van der Waals surface area contributed by atoms with Crippen molar-refractivity contribution in [1.29, 1.82) is 0 Å². The average molecular weight is 140 g/mol. The largest absolute Gasteiger partial charge is 0.380 e.